The van der Waals surface area contributed by atoms with Crippen LogP contribution in [-0.2, 0) is 11.2 Å². The first-order valence-electron chi connectivity index (χ1n) is 7.49. The van der Waals surface area contributed by atoms with Crippen molar-refractivity contribution in [1.29, 1.82) is 0 Å². The fraction of sp³-hybridized carbons (Fsp3) is 0.625. The number of aryl methyl sites for hydroxylation is 2. The van der Waals surface area contributed by atoms with Gasteiger partial charge in [-0.05, 0) is 51.0 Å². The standard InChI is InChI=1S/C16H25N3O/c1-12-15(13(2)18-17-12)9-6-10-19(3)16(20)11-14-7-4-5-8-14/h4,7,14H,5-6,8-11H2,1-3H3,(H,17,18). The van der Waals surface area contributed by atoms with Gasteiger partial charge in [-0.3, -0.25) is 9.89 Å². The third kappa shape index (κ3) is 3.71. The van der Waals surface area contributed by atoms with Crippen LogP contribution in [0.15, 0.2) is 12.2 Å². The van der Waals surface area contributed by atoms with Gasteiger partial charge in [-0.1, -0.05) is 12.2 Å². The zero-order chi connectivity index (χ0) is 14.5. The molecule has 4 heteroatoms. The molecule has 1 aliphatic rings. The summed E-state index contributed by atoms with van der Waals surface area (Å²) in [6.07, 6.45) is 9.26. The minimum atomic E-state index is 0.266. The molecule has 1 aliphatic carbocycles. The highest BCUT2D eigenvalue weighted by atomic mass is 16.2. The minimum absolute atomic E-state index is 0.266. The smallest absolute Gasteiger partial charge is 0.222 e. The largest absolute Gasteiger partial charge is 0.346 e. The number of carbonyl (C=O) groups is 1. The van der Waals surface area contributed by atoms with Gasteiger partial charge < -0.3 is 4.90 Å². The van der Waals surface area contributed by atoms with Gasteiger partial charge in [0.1, 0.15) is 0 Å². The fourth-order valence-electron chi connectivity index (χ4n) is 2.81. The van der Waals surface area contributed by atoms with E-state index in [1.807, 2.05) is 18.9 Å². The number of H-pyrrole nitrogens is 1. The van der Waals surface area contributed by atoms with E-state index in [0.717, 1.165) is 43.6 Å². The van der Waals surface area contributed by atoms with Crippen molar-refractivity contribution in [3.05, 3.63) is 29.1 Å². The van der Waals surface area contributed by atoms with Crippen LogP contribution >= 0.6 is 0 Å². The van der Waals surface area contributed by atoms with Gasteiger partial charge in [0, 0.05) is 25.7 Å². The van der Waals surface area contributed by atoms with Crippen LogP contribution in [0.2, 0.25) is 0 Å². The summed E-state index contributed by atoms with van der Waals surface area (Å²) < 4.78 is 0. The van der Waals surface area contributed by atoms with Crippen LogP contribution in [0, 0.1) is 19.8 Å². The Kier molecular flexibility index (Phi) is 4.99. The summed E-state index contributed by atoms with van der Waals surface area (Å²) in [6, 6.07) is 0. The molecule has 0 spiro atoms. The average Bonchev–Trinajstić information content (AvgIpc) is 3.02. The van der Waals surface area contributed by atoms with E-state index in [9.17, 15) is 4.79 Å². The molecule has 1 aromatic heterocycles. The summed E-state index contributed by atoms with van der Waals surface area (Å²) in [6.45, 7) is 4.90. The Balaban J connectivity index is 1.73. The van der Waals surface area contributed by atoms with Crippen molar-refractivity contribution in [1.82, 2.24) is 15.1 Å². The summed E-state index contributed by atoms with van der Waals surface area (Å²) in [5, 5.41) is 7.21. The van der Waals surface area contributed by atoms with E-state index in [2.05, 4.69) is 29.3 Å². The fourth-order valence-corrected chi connectivity index (χ4v) is 2.81. The number of rotatable bonds is 6. The molecule has 0 saturated carbocycles. The van der Waals surface area contributed by atoms with Gasteiger partial charge in [0.25, 0.3) is 0 Å². The van der Waals surface area contributed by atoms with Gasteiger partial charge in [-0.2, -0.15) is 5.10 Å². The number of aromatic amines is 1. The summed E-state index contributed by atoms with van der Waals surface area (Å²) in [5.74, 6) is 0.727. The molecule has 1 N–H and O–H groups in total. The Bertz CT molecular complexity index is 470. The highest BCUT2D eigenvalue weighted by Gasteiger charge is 2.17. The van der Waals surface area contributed by atoms with E-state index in [1.54, 1.807) is 0 Å². The number of nitrogens with zero attached hydrogens (tertiary/aromatic N) is 2. The first-order chi connectivity index (χ1) is 9.58. The summed E-state index contributed by atoms with van der Waals surface area (Å²) in [7, 11) is 1.91. The molecule has 1 aromatic rings. The number of aromatic nitrogens is 2. The molecule has 0 radical (unpaired) electrons. The number of nitrogens with one attached hydrogen (secondary N) is 1. The van der Waals surface area contributed by atoms with Crippen molar-refractivity contribution in [3.63, 3.8) is 0 Å². The van der Waals surface area contributed by atoms with Gasteiger partial charge in [0.05, 0.1) is 5.69 Å². The van der Waals surface area contributed by atoms with Crippen molar-refractivity contribution < 1.29 is 4.79 Å². The molecular weight excluding hydrogens is 250 g/mol. The van der Waals surface area contributed by atoms with E-state index >= 15 is 0 Å². The summed E-state index contributed by atoms with van der Waals surface area (Å²) in [5.41, 5.74) is 3.52. The maximum atomic E-state index is 12.1. The Labute approximate surface area is 121 Å². The maximum absolute atomic E-state index is 12.1. The van der Waals surface area contributed by atoms with Gasteiger partial charge in [0.2, 0.25) is 5.91 Å². The van der Waals surface area contributed by atoms with Crippen LogP contribution < -0.4 is 0 Å². The molecule has 0 aliphatic heterocycles. The maximum Gasteiger partial charge on any atom is 0.222 e. The SMILES string of the molecule is Cc1n[nH]c(C)c1CCCN(C)C(=O)CC1C=CCC1. The number of carbonyl (C=O) groups excluding carboxylic acids is 1. The minimum Gasteiger partial charge on any atom is -0.346 e. The Morgan fingerprint density at radius 2 is 2.30 bits per heavy atom. The molecule has 0 saturated heterocycles. The first-order valence-corrected chi connectivity index (χ1v) is 7.49. The van der Waals surface area contributed by atoms with Gasteiger partial charge in [0.15, 0.2) is 0 Å². The van der Waals surface area contributed by atoms with E-state index in [0.29, 0.717) is 12.3 Å². The first kappa shape index (κ1) is 14.8. The zero-order valence-corrected chi connectivity index (χ0v) is 12.8. The number of hydrogen-bond donors (Lipinski definition) is 1. The van der Waals surface area contributed by atoms with Crippen molar-refractivity contribution >= 4 is 5.91 Å². The molecular formula is C16H25N3O. The molecule has 4 nitrogen and oxygen atoms in total. The lowest BCUT2D eigenvalue weighted by Crippen LogP contribution is -2.29. The molecule has 110 valence electrons. The highest BCUT2D eigenvalue weighted by Crippen LogP contribution is 2.21. The van der Waals surface area contributed by atoms with Crippen LogP contribution in [-0.4, -0.2) is 34.6 Å². The normalized spacial score (nSPS) is 17.6. The van der Waals surface area contributed by atoms with Crippen LogP contribution in [0.5, 0.6) is 0 Å². The molecule has 1 unspecified atom stereocenters. The van der Waals surface area contributed by atoms with Crippen LogP contribution in [0.3, 0.4) is 0 Å². The Morgan fingerprint density at radius 3 is 2.90 bits per heavy atom. The van der Waals surface area contributed by atoms with E-state index < -0.39 is 0 Å². The van der Waals surface area contributed by atoms with Crippen molar-refractivity contribution in [2.45, 2.75) is 46.0 Å². The van der Waals surface area contributed by atoms with E-state index in [4.69, 9.17) is 0 Å². The zero-order valence-electron chi connectivity index (χ0n) is 12.8. The molecule has 0 aromatic carbocycles. The van der Waals surface area contributed by atoms with E-state index in [1.165, 1.54) is 5.56 Å². The second kappa shape index (κ2) is 6.73. The number of hydrogen-bond acceptors (Lipinski definition) is 2. The average molecular weight is 275 g/mol. The Morgan fingerprint density at radius 1 is 1.50 bits per heavy atom. The topological polar surface area (TPSA) is 49.0 Å². The molecule has 0 fully saturated rings. The molecule has 2 rings (SSSR count). The van der Waals surface area contributed by atoms with Crippen LogP contribution in [0.4, 0.5) is 0 Å². The second-order valence-electron chi connectivity index (χ2n) is 5.80. The highest BCUT2D eigenvalue weighted by molar-refractivity contribution is 5.76. The lowest BCUT2D eigenvalue weighted by molar-refractivity contribution is -0.130. The second-order valence-corrected chi connectivity index (χ2v) is 5.80. The van der Waals surface area contributed by atoms with Crippen LogP contribution in [0.25, 0.3) is 0 Å². The molecule has 1 amide bonds. The number of allylic oxidation sites excluding steroid dienone is 2. The molecule has 1 heterocycles. The molecule has 1 atom stereocenters. The predicted octanol–water partition coefficient (Wildman–Crippen LogP) is 2.77. The van der Waals surface area contributed by atoms with E-state index in [-0.39, 0.29) is 5.91 Å². The molecule has 0 bridgehead atoms. The van der Waals surface area contributed by atoms with Crippen molar-refractivity contribution in [2.24, 2.45) is 5.92 Å². The van der Waals surface area contributed by atoms with Crippen molar-refractivity contribution in [2.75, 3.05) is 13.6 Å². The van der Waals surface area contributed by atoms with Gasteiger partial charge in [-0.25, -0.2) is 0 Å². The van der Waals surface area contributed by atoms with Crippen LogP contribution in [0.1, 0.15) is 42.6 Å². The Hall–Kier alpha value is -1.58. The molecule has 20 heavy (non-hydrogen) atoms. The van der Waals surface area contributed by atoms with Gasteiger partial charge in [-0.15, -0.1) is 0 Å². The number of amides is 1. The monoisotopic (exact) mass is 275 g/mol. The summed E-state index contributed by atoms with van der Waals surface area (Å²) in [4.78, 5) is 14.0. The third-order valence-electron chi connectivity index (χ3n) is 4.18. The van der Waals surface area contributed by atoms with Crippen molar-refractivity contribution in [3.8, 4) is 0 Å². The summed E-state index contributed by atoms with van der Waals surface area (Å²) >= 11 is 0. The predicted molar refractivity (Wildman–Crippen MR) is 80.5 cm³/mol. The third-order valence-corrected chi connectivity index (χ3v) is 4.18. The quantitative estimate of drug-likeness (QED) is 0.812. The lowest BCUT2D eigenvalue weighted by Gasteiger charge is -2.18. The lowest BCUT2D eigenvalue weighted by atomic mass is 10.0. The van der Waals surface area contributed by atoms with Gasteiger partial charge >= 0.3 is 0 Å².